The number of hydrogen-bond acceptors (Lipinski definition) is 5. The van der Waals surface area contributed by atoms with E-state index in [9.17, 15) is 19.2 Å². The van der Waals surface area contributed by atoms with E-state index >= 15 is 0 Å². The molecule has 142 valence electrons. The molecule has 1 saturated carbocycles. The minimum Gasteiger partial charge on any atom is -0.456 e. The van der Waals surface area contributed by atoms with Crippen LogP contribution in [0.2, 0.25) is 0 Å². The molecule has 0 unspecified atom stereocenters. The third kappa shape index (κ3) is 3.40. The number of imide groups is 1. The Bertz CT molecular complexity index is 791. The lowest BCUT2D eigenvalue weighted by atomic mass is 9.81. The van der Waals surface area contributed by atoms with Gasteiger partial charge >= 0.3 is 5.97 Å². The maximum absolute atomic E-state index is 12.4. The summed E-state index contributed by atoms with van der Waals surface area (Å²) in [6.07, 6.45) is 6.40. The van der Waals surface area contributed by atoms with Crippen molar-refractivity contribution < 1.29 is 23.9 Å². The molecule has 4 rings (SSSR count). The van der Waals surface area contributed by atoms with Crippen molar-refractivity contribution in [1.29, 1.82) is 0 Å². The van der Waals surface area contributed by atoms with Gasteiger partial charge in [-0.15, -0.1) is 0 Å². The van der Waals surface area contributed by atoms with Gasteiger partial charge in [-0.2, -0.15) is 0 Å². The van der Waals surface area contributed by atoms with E-state index in [1.165, 1.54) is 11.1 Å². The van der Waals surface area contributed by atoms with Gasteiger partial charge in [0.05, 0.1) is 11.8 Å². The molecule has 1 aromatic carbocycles. The fourth-order valence-electron chi connectivity index (χ4n) is 4.54. The number of benzene rings is 1. The third-order valence-corrected chi connectivity index (χ3v) is 6.00. The summed E-state index contributed by atoms with van der Waals surface area (Å²) in [5.74, 6) is -2.10. The molecule has 2 fully saturated rings. The highest BCUT2D eigenvalue weighted by molar-refractivity contribution is 6.07. The quantitative estimate of drug-likeness (QED) is 0.451. The molecule has 0 radical (unpaired) electrons. The molecular weight excluding hydrogens is 346 g/mol. The van der Waals surface area contributed by atoms with Crippen molar-refractivity contribution in [3.63, 3.8) is 0 Å². The van der Waals surface area contributed by atoms with Crippen LogP contribution in [0.5, 0.6) is 0 Å². The number of esters is 1. The summed E-state index contributed by atoms with van der Waals surface area (Å²) in [6, 6.07) is 5.59. The van der Waals surface area contributed by atoms with Crippen LogP contribution in [-0.4, -0.2) is 41.6 Å². The molecule has 1 saturated heterocycles. The van der Waals surface area contributed by atoms with E-state index in [0.717, 1.165) is 37.0 Å². The highest BCUT2D eigenvalue weighted by atomic mass is 16.5. The second-order valence-corrected chi connectivity index (χ2v) is 7.68. The lowest BCUT2D eigenvalue weighted by molar-refractivity contribution is -0.152. The van der Waals surface area contributed by atoms with Crippen molar-refractivity contribution >= 4 is 23.6 Å². The zero-order valence-electron chi connectivity index (χ0n) is 15.2. The van der Waals surface area contributed by atoms with E-state index < -0.39 is 12.5 Å². The number of Topliss-reactive ketones (excluding diaryl/α,β-unsaturated/α-hetero) is 1. The largest absolute Gasteiger partial charge is 0.456 e. The number of rotatable bonds is 5. The number of nitrogens with zero attached hydrogens (tertiary/aromatic N) is 1. The minimum atomic E-state index is -0.718. The van der Waals surface area contributed by atoms with Crippen LogP contribution in [0.4, 0.5) is 0 Å². The summed E-state index contributed by atoms with van der Waals surface area (Å²) >= 11 is 0. The topological polar surface area (TPSA) is 80.8 Å². The van der Waals surface area contributed by atoms with Gasteiger partial charge in [-0.1, -0.05) is 25.0 Å². The molecule has 2 aliphatic carbocycles. The molecule has 1 aliphatic heterocycles. The molecule has 1 heterocycles. The van der Waals surface area contributed by atoms with E-state index in [0.29, 0.717) is 18.4 Å². The minimum absolute atomic E-state index is 0.272. The lowest BCUT2D eigenvalue weighted by Gasteiger charge is -2.19. The van der Waals surface area contributed by atoms with Crippen LogP contribution >= 0.6 is 0 Å². The monoisotopic (exact) mass is 369 g/mol. The number of carbonyl (C=O) groups excluding carboxylic acids is 4. The standard InChI is InChI=1S/C21H23NO5/c23-18(15-9-8-13-4-3-5-14(13)10-15)12-27-19(24)11-22-20(25)16-6-1-2-7-17(16)21(22)26/h8-10,16-17H,1-7,11-12H2/t16-,17-/m0/s1. The number of fused-ring (bicyclic) bond motifs is 2. The molecule has 0 N–H and O–H groups in total. The molecule has 1 aromatic rings. The van der Waals surface area contributed by atoms with Gasteiger partial charge in [0.25, 0.3) is 0 Å². The van der Waals surface area contributed by atoms with E-state index in [1.54, 1.807) is 6.07 Å². The van der Waals surface area contributed by atoms with Crippen LogP contribution in [0.15, 0.2) is 18.2 Å². The fourth-order valence-corrected chi connectivity index (χ4v) is 4.54. The Morgan fingerprint density at radius 2 is 1.63 bits per heavy atom. The first-order valence-electron chi connectivity index (χ1n) is 9.70. The Hall–Kier alpha value is -2.50. The van der Waals surface area contributed by atoms with Gasteiger partial charge in [0.1, 0.15) is 6.54 Å². The molecule has 6 heteroatoms. The van der Waals surface area contributed by atoms with Gasteiger partial charge in [-0.25, -0.2) is 0 Å². The smallest absolute Gasteiger partial charge is 0.326 e. The molecule has 2 atom stereocenters. The molecule has 0 bridgehead atoms. The summed E-state index contributed by atoms with van der Waals surface area (Å²) in [4.78, 5) is 50.2. The van der Waals surface area contributed by atoms with E-state index in [4.69, 9.17) is 4.74 Å². The Labute approximate surface area is 157 Å². The zero-order valence-corrected chi connectivity index (χ0v) is 15.2. The van der Waals surface area contributed by atoms with Crippen molar-refractivity contribution in [3.05, 3.63) is 34.9 Å². The summed E-state index contributed by atoms with van der Waals surface area (Å²) in [5, 5.41) is 0. The number of carbonyl (C=O) groups is 4. The number of ether oxygens (including phenoxy) is 1. The molecule has 2 amide bonds. The summed E-state index contributed by atoms with van der Waals surface area (Å²) in [6.45, 7) is -0.775. The first kappa shape index (κ1) is 17.9. The van der Waals surface area contributed by atoms with Gasteiger partial charge in [0, 0.05) is 5.56 Å². The van der Waals surface area contributed by atoms with E-state index in [2.05, 4.69) is 0 Å². The van der Waals surface area contributed by atoms with Crippen LogP contribution < -0.4 is 0 Å². The van der Waals surface area contributed by atoms with Crippen LogP contribution in [-0.2, 0) is 32.0 Å². The molecule has 27 heavy (non-hydrogen) atoms. The fraction of sp³-hybridized carbons (Fsp3) is 0.524. The molecule has 6 nitrogen and oxygen atoms in total. The Morgan fingerprint density at radius 1 is 0.963 bits per heavy atom. The predicted molar refractivity (Wildman–Crippen MR) is 95.9 cm³/mol. The zero-order chi connectivity index (χ0) is 19.0. The van der Waals surface area contributed by atoms with Gasteiger partial charge < -0.3 is 4.74 Å². The van der Waals surface area contributed by atoms with Crippen LogP contribution in [0.1, 0.15) is 53.6 Å². The van der Waals surface area contributed by atoms with Crippen molar-refractivity contribution in [2.75, 3.05) is 13.2 Å². The lowest BCUT2D eigenvalue weighted by Crippen LogP contribution is -2.37. The molecular formula is C21H23NO5. The SMILES string of the molecule is O=C(CN1C(=O)[C@H]2CCCC[C@@H]2C1=O)OCC(=O)c1ccc2c(c1)CCC2. The summed E-state index contributed by atoms with van der Waals surface area (Å²) < 4.78 is 5.06. The first-order chi connectivity index (χ1) is 13.0. The summed E-state index contributed by atoms with van der Waals surface area (Å²) in [7, 11) is 0. The number of likely N-dealkylation sites (tertiary alicyclic amines) is 1. The van der Waals surface area contributed by atoms with E-state index in [-0.39, 0.29) is 36.0 Å². The van der Waals surface area contributed by atoms with Crippen molar-refractivity contribution in [2.24, 2.45) is 11.8 Å². The van der Waals surface area contributed by atoms with Gasteiger partial charge in [-0.3, -0.25) is 24.1 Å². The van der Waals surface area contributed by atoms with E-state index in [1.807, 2.05) is 12.1 Å². The van der Waals surface area contributed by atoms with Gasteiger partial charge in [0.2, 0.25) is 11.8 Å². The highest BCUT2D eigenvalue weighted by Gasteiger charge is 2.48. The Balaban J connectivity index is 1.32. The normalized spacial score (nSPS) is 23.9. The van der Waals surface area contributed by atoms with Crippen LogP contribution in [0, 0.1) is 11.8 Å². The molecule has 0 spiro atoms. The first-order valence-corrected chi connectivity index (χ1v) is 9.70. The van der Waals surface area contributed by atoms with Crippen molar-refractivity contribution in [3.8, 4) is 0 Å². The second-order valence-electron chi connectivity index (χ2n) is 7.68. The predicted octanol–water partition coefficient (Wildman–Crippen LogP) is 2.08. The van der Waals surface area contributed by atoms with Crippen molar-refractivity contribution in [1.82, 2.24) is 4.90 Å². The average Bonchev–Trinajstić information content (AvgIpc) is 3.25. The maximum Gasteiger partial charge on any atom is 0.326 e. The summed E-state index contributed by atoms with van der Waals surface area (Å²) in [5.41, 5.74) is 2.99. The number of amides is 2. The second kappa shape index (κ2) is 7.25. The van der Waals surface area contributed by atoms with Crippen molar-refractivity contribution in [2.45, 2.75) is 44.9 Å². The third-order valence-electron chi connectivity index (χ3n) is 6.00. The average molecular weight is 369 g/mol. The highest BCUT2D eigenvalue weighted by Crippen LogP contribution is 2.37. The Morgan fingerprint density at radius 3 is 2.33 bits per heavy atom. The molecule has 0 aromatic heterocycles. The Kier molecular flexibility index (Phi) is 4.81. The van der Waals surface area contributed by atoms with Gasteiger partial charge in [0.15, 0.2) is 12.4 Å². The maximum atomic E-state index is 12.4. The van der Waals surface area contributed by atoms with Crippen LogP contribution in [0.25, 0.3) is 0 Å². The van der Waals surface area contributed by atoms with Gasteiger partial charge in [-0.05, 0) is 49.3 Å². The molecule has 3 aliphatic rings. The van der Waals surface area contributed by atoms with Crippen LogP contribution in [0.3, 0.4) is 0 Å². The number of hydrogen-bond donors (Lipinski definition) is 0. The number of ketones is 1. The number of aryl methyl sites for hydroxylation is 2.